The number of fused-ring (bicyclic) bond motifs is 1. The third-order valence-corrected chi connectivity index (χ3v) is 1.87. The van der Waals surface area contributed by atoms with Crippen molar-refractivity contribution in [3.8, 4) is 0 Å². The van der Waals surface area contributed by atoms with Gasteiger partial charge in [0.2, 0.25) is 0 Å². The lowest BCUT2D eigenvalue weighted by molar-refractivity contribution is -0.384. The molecule has 0 saturated carbocycles. The second-order valence-corrected chi connectivity index (χ2v) is 2.78. The maximum absolute atomic E-state index is 10.5. The predicted molar refractivity (Wildman–Crippen MR) is 54.2 cm³/mol. The molecule has 1 aromatic carbocycles. The molecule has 0 aromatic heterocycles. The molecule has 1 N–H and O–H groups in total. The fourth-order valence-corrected chi connectivity index (χ4v) is 1.20. The smallest absolute Gasteiger partial charge is 0.270 e. The third kappa shape index (κ3) is 1.47. The number of nitrogens with one attached hydrogen (secondary N) is 1. The SMILES string of the molecule is O=[N+]([O-])c1ccc2c(c1)C=CC=NN2. The minimum absolute atomic E-state index is 0.0806. The molecule has 70 valence electrons. The van der Waals surface area contributed by atoms with Crippen LogP contribution in [0.5, 0.6) is 0 Å². The highest BCUT2D eigenvalue weighted by Crippen LogP contribution is 2.24. The molecule has 0 atom stereocenters. The highest BCUT2D eigenvalue weighted by atomic mass is 16.6. The standard InChI is InChI=1S/C9H7N3O2/c13-12(14)8-3-4-9-7(6-8)2-1-5-10-11-9/h1-6,11H. The van der Waals surface area contributed by atoms with Crippen LogP contribution in [-0.2, 0) is 0 Å². The zero-order chi connectivity index (χ0) is 9.97. The van der Waals surface area contributed by atoms with Crippen molar-refractivity contribution in [3.63, 3.8) is 0 Å². The minimum atomic E-state index is -0.417. The van der Waals surface area contributed by atoms with Gasteiger partial charge in [0.25, 0.3) is 5.69 Å². The largest absolute Gasteiger partial charge is 0.278 e. The van der Waals surface area contributed by atoms with Crippen LogP contribution in [0.25, 0.3) is 6.08 Å². The van der Waals surface area contributed by atoms with E-state index in [9.17, 15) is 10.1 Å². The molecule has 1 aliphatic rings. The zero-order valence-electron chi connectivity index (χ0n) is 7.18. The number of non-ortho nitro benzene ring substituents is 1. The van der Waals surface area contributed by atoms with Gasteiger partial charge < -0.3 is 0 Å². The average molecular weight is 189 g/mol. The number of allylic oxidation sites excluding steroid dienone is 1. The molecule has 1 heterocycles. The minimum Gasteiger partial charge on any atom is -0.278 e. The Hall–Kier alpha value is -2.17. The van der Waals surface area contributed by atoms with E-state index in [-0.39, 0.29) is 5.69 Å². The first kappa shape index (κ1) is 8.43. The Kier molecular flexibility index (Phi) is 1.98. The fraction of sp³-hybridized carbons (Fsp3) is 0. The molecule has 0 spiro atoms. The van der Waals surface area contributed by atoms with Gasteiger partial charge >= 0.3 is 0 Å². The Morgan fingerprint density at radius 3 is 3.07 bits per heavy atom. The first-order valence-electron chi connectivity index (χ1n) is 4.01. The molecule has 0 aliphatic carbocycles. The van der Waals surface area contributed by atoms with Gasteiger partial charge in [-0.05, 0) is 12.1 Å². The Balaban J connectivity index is 2.49. The van der Waals surface area contributed by atoms with Gasteiger partial charge in [-0.2, -0.15) is 5.10 Å². The van der Waals surface area contributed by atoms with Crippen molar-refractivity contribution in [3.05, 3.63) is 40.0 Å². The van der Waals surface area contributed by atoms with E-state index in [1.807, 2.05) is 0 Å². The lowest BCUT2D eigenvalue weighted by atomic mass is 10.1. The number of hydrazone groups is 1. The van der Waals surface area contributed by atoms with E-state index in [0.29, 0.717) is 0 Å². The summed E-state index contributed by atoms with van der Waals surface area (Å²) in [6.07, 6.45) is 5.08. The molecule has 5 heteroatoms. The Bertz CT molecular complexity index is 438. The van der Waals surface area contributed by atoms with Crippen LogP contribution in [0.4, 0.5) is 11.4 Å². The summed E-state index contributed by atoms with van der Waals surface area (Å²) in [5, 5.41) is 14.4. The van der Waals surface area contributed by atoms with Crippen LogP contribution < -0.4 is 5.43 Å². The van der Waals surface area contributed by atoms with E-state index in [4.69, 9.17) is 0 Å². The normalized spacial score (nSPS) is 12.9. The average Bonchev–Trinajstić information content (AvgIpc) is 2.41. The highest BCUT2D eigenvalue weighted by Gasteiger charge is 2.09. The van der Waals surface area contributed by atoms with Crippen LogP contribution >= 0.6 is 0 Å². The summed E-state index contributed by atoms with van der Waals surface area (Å²) in [6.45, 7) is 0. The van der Waals surface area contributed by atoms with E-state index in [1.165, 1.54) is 12.1 Å². The summed E-state index contributed by atoms with van der Waals surface area (Å²) in [7, 11) is 0. The van der Waals surface area contributed by atoms with E-state index in [2.05, 4.69) is 10.5 Å². The van der Waals surface area contributed by atoms with Crippen molar-refractivity contribution in [2.24, 2.45) is 5.10 Å². The number of rotatable bonds is 1. The van der Waals surface area contributed by atoms with Gasteiger partial charge in [0.1, 0.15) is 0 Å². The number of hydrogen-bond donors (Lipinski definition) is 1. The van der Waals surface area contributed by atoms with Crippen molar-refractivity contribution in [2.45, 2.75) is 0 Å². The Morgan fingerprint density at radius 1 is 1.43 bits per heavy atom. The first-order chi connectivity index (χ1) is 6.77. The maximum Gasteiger partial charge on any atom is 0.270 e. The number of nitro benzene ring substituents is 1. The third-order valence-electron chi connectivity index (χ3n) is 1.87. The quantitative estimate of drug-likeness (QED) is 0.542. The number of nitro groups is 1. The second-order valence-electron chi connectivity index (χ2n) is 2.78. The molecule has 1 aliphatic heterocycles. The molecular formula is C9H7N3O2. The van der Waals surface area contributed by atoms with Crippen LogP contribution in [-0.4, -0.2) is 11.1 Å². The molecule has 0 unspecified atom stereocenters. The summed E-state index contributed by atoms with van der Waals surface area (Å²) in [4.78, 5) is 10.1. The highest BCUT2D eigenvalue weighted by molar-refractivity contribution is 5.84. The monoisotopic (exact) mass is 189 g/mol. The van der Waals surface area contributed by atoms with Crippen LogP contribution in [0.15, 0.2) is 29.4 Å². The van der Waals surface area contributed by atoms with Gasteiger partial charge in [0.15, 0.2) is 0 Å². The summed E-state index contributed by atoms with van der Waals surface area (Å²) in [5.74, 6) is 0. The Labute approximate surface area is 79.9 Å². The fourth-order valence-electron chi connectivity index (χ4n) is 1.20. The van der Waals surface area contributed by atoms with Crippen LogP contribution in [0, 0.1) is 10.1 Å². The molecule has 1 aromatic rings. The van der Waals surface area contributed by atoms with Gasteiger partial charge in [-0.15, -0.1) is 0 Å². The number of hydrogen-bond acceptors (Lipinski definition) is 4. The van der Waals surface area contributed by atoms with Gasteiger partial charge in [0.05, 0.1) is 10.6 Å². The first-order valence-corrected chi connectivity index (χ1v) is 4.01. The van der Waals surface area contributed by atoms with Crippen molar-refractivity contribution in [2.75, 3.05) is 5.43 Å². The molecular weight excluding hydrogens is 182 g/mol. The Morgan fingerprint density at radius 2 is 2.29 bits per heavy atom. The molecule has 0 bridgehead atoms. The molecule has 14 heavy (non-hydrogen) atoms. The predicted octanol–water partition coefficient (Wildman–Crippen LogP) is 2.02. The number of benzene rings is 1. The number of nitrogens with zero attached hydrogens (tertiary/aromatic N) is 2. The summed E-state index contributed by atoms with van der Waals surface area (Å²) < 4.78 is 0. The van der Waals surface area contributed by atoms with Gasteiger partial charge in [-0.3, -0.25) is 15.5 Å². The number of anilines is 1. The topological polar surface area (TPSA) is 67.5 Å². The van der Waals surface area contributed by atoms with Gasteiger partial charge in [0, 0.05) is 23.9 Å². The van der Waals surface area contributed by atoms with Gasteiger partial charge in [-0.1, -0.05) is 6.08 Å². The van der Waals surface area contributed by atoms with Crippen LogP contribution in [0.1, 0.15) is 5.56 Å². The van der Waals surface area contributed by atoms with E-state index in [1.54, 1.807) is 24.4 Å². The molecule has 0 fully saturated rings. The van der Waals surface area contributed by atoms with Crippen LogP contribution in [0.3, 0.4) is 0 Å². The van der Waals surface area contributed by atoms with E-state index < -0.39 is 4.92 Å². The van der Waals surface area contributed by atoms with Crippen molar-refractivity contribution >= 4 is 23.7 Å². The lowest BCUT2D eigenvalue weighted by Crippen LogP contribution is -1.92. The summed E-state index contributed by atoms with van der Waals surface area (Å²) in [5.41, 5.74) is 4.38. The molecule has 0 amide bonds. The molecule has 5 nitrogen and oxygen atoms in total. The van der Waals surface area contributed by atoms with E-state index in [0.717, 1.165) is 11.3 Å². The summed E-state index contributed by atoms with van der Waals surface area (Å²) in [6, 6.07) is 4.59. The van der Waals surface area contributed by atoms with Crippen molar-refractivity contribution in [1.82, 2.24) is 0 Å². The van der Waals surface area contributed by atoms with E-state index >= 15 is 0 Å². The maximum atomic E-state index is 10.5. The van der Waals surface area contributed by atoms with Crippen LogP contribution in [0.2, 0.25) is 0 Å². The zero-order valence-corrected chi connectivity index (χ0v) is 7.18. The molecule has 0 radical (unpaired) electrons. The van der Waals surface area contributed by atoms with Gasteiger partial charge in [-0.25, -0.2) is 0 Å². The molecule has 2 rings (SSSR count). The van der Waals surface area contributed by atoms with Crippen molar-refractivity contribution < 1.29 is 4.92 Å². The van der Waals surface area contributed by atoms with Crippen molar-refractivity contribution in [1.29, 1.82) is 0 Å². The summed E-state index contributed by atoms with van der Waals surface area (Å²) >= 11 is 0. The second kappa shape index (κ2) is 3.29. The lowest BCUT2D eigenvalue weighted by Gasteiger charge is -2.02. The molecule has 0 saturated heterocycles.